The van der Waals surface area contributed by atoms with Crippen LogP contribution in [0.2, 0.25) is 5.02 Å². The van der Waals surface area contributed by atoms with Gasteiger partial charge in [-0.1, -0.05) is 186 Å². The maximum atomic E-state index is 13.4. The van der Waals surface area contributed by atoms with Gasteiger partial charge in [0.1, 0.15) is 98.1 Å². The number of imidazole rings is 6. The van der Waals surface area contributed by atoms with Crippen LogP contribution in [0.1, 0.15) is 228 Å². The van der Waals surface area contributed by atoms with Gasteiger partial charge in [-0.05, 0) is 237 Å². The number of halogens is 3. The number of ketones is 6. The number of nitrogens with zero attached hydrogens (tertiary/aromatic N) is 10. The largest absolute Gasteiger partial charge is 0.389 e. The fourth-order valence-electron chi connectivity index (χ4n) is 17.7. The van der Waals surface area contributed by atoms with Gasteiger partial charge >= 0.3 is 0 Å². The molecule has 0 spiro atoms. The highest BCUT2D eigenvalue weighted by Crippen LogP contribution is 2.32. The van der Waals surface area contributed by atoms with Crippen molar-refractivity contribution in [3.05, 3.63) is 289 Å². The van der Waals surface area contributed by atoms with Gasteiger partial charge in [0.05, 0.1) is 65.7 Å². The van der Waals surface area contributed by atoms with Gasteiger partial charge in [-0.3, -0.25) is 33.3 Å². The summed E-state index contributed by atoms with van der Waals surface area (Å²) in [5.74, 6) is 5.03. The van der Waals surface area contributed by atoms with Crippen molar-refractivity contribution in [1.29, 1.82) is 0 Å². The predicted molar refractivity (Wildman–Crippen MR) is 591 cm³/mol. The van der Waals surface area contributed by atoms with Crippen LogP contribution in [0.3, 0.4) is 0 Å². The molecule has 0 bridgehead atoms. The van der Waals surface area contributed by atoms with Crippen molar-refractivity contribution in [3.63, 3.8) is 0 Å². The van der Waals surface area contributed by atoms with E-state index in [2.05, 4.69) is 137 Å². The molecule has 27 nitrogen and oxygen atoms in total. The van der Waals surface area contributed by atoms with Crippen molar-refractivity contribution < 1.29 is 68.2 Å². The lowest BCUT2D eigenvalue weighted by molar-refractivity contribution is -0.122. The van der Waals surface area contributed by atoms with Gasteiger partial charge < -0.3 is 60.5 Å². The fraction of sp³-hybridized carbons (Fsp3) is 0.367. The summed E-state index contributed by atoms with van der Waals surface area (Å²) in [5, 5.41) is 52.8. The zero-order valence-corrected chi connectivity index (χ0v) is 86.7. The number of rotatable bonds is 54. The molecule has 0 amide bonds. The van der Waals surface area contributed by atoms with Crippen LogP contribution in [0, 0.1) is 11.6 Å². The number of aliphatic hydroxyl groups is 6. The van der Waals surface area contributed by atoms with Gasteiger partial charge in [-0.15, -0.1) is 0 Å². The summed E-state index contributed by atoms with van der Waals surface area (Å²) < 4.78 is 28.7. The highest BCUT2D eigenvalue weighted by Gasteiger charge is 2.18. The molecule has 0 saturated heterocycles. The lowest BCUT2D eigenvalue weighted by Crippen LogP contribution is -2.07. The molecule has 0 aliphatic carbocycles. The number of hydrogen-bond donors (Lipinski definition) is 11. The minimum absolute atomic E-state index is 0.0640. The third-order valence-electron chi connectivity index (χ3n) is 26.0. The lowest BCUT2D eigenvalue weighted by atomic mass is 10.0. The smallest absolute Gasteiger partial charge is 0.158 e. The van der Waals surface area contributed by atoms with E-state index < -0.39 is 0 Å². The number of nitrogens with one attached hydrogen (secondary N) is 5. The minimum atomic E-state index is -0.351. The van der Waals surface area contributed by atoms with Crippen molar-refractivity contribution >= 4 is 118 Å². The highest BCUT2D eigenvalue weighted by molar-refractivity contribution is 6.34. The number of Topliss-reactive ketones (excluding diaryl/α,β-unsaturated/α-hetero) is 6. The Morgan fingerprint density at radius 1 is 0.293 bits per heavy atom. The van der Waals surface area contributed by atoms with E-state index in [1.807, 2.05) is 117 Å². The lowest BCUT2D eigenvalue weighted by Gasteiger charge is -2.12. The third kappa shape index (κ3) is 37.5. The Morgan fingerprint density at radius 2 is 0.620 bits per heavy atom. The number of H-pyrrole nitrogens is 5. The monoisotopic (exact) mass is 2060 g/mol. The van der Waals surface area contributed by atoms with E-state index in [4.69, 9.17) is 52.2 Å². The summed E-state index contributed by atoms with van der Waals surface area (Å²) in [6, 6.07) is 70.3. The molecule has 17 aromatic rings. The summed E-state index contributed by atoms with van der Waals surface area (Å²) in [4.78, 5) is 121. The molecule has 0 atom stereocenters. The molecule has 788 valence electrons. The number of aliphatic hydroxyl groups excluding tert-OH is 6. The molecule has 11 N–H and O–H groups in total. The van der Waals surface area contributed by atoms with Crippen LogP contribution in [-0.2, 0) is 67.3 Å². The Hall–Kier alpha value is -14.2. The number of unbranched alkanes of at least 4 members (excludes halogenated alkanes) is 18. The number of carbonyl (C=O) groups excluding carboxylic acids is 6. The fourth-order valence-corrected chi connectivity index (χ4v) is 17.9. The number of fused-ring (bicyclic) bond motifs is 6. The Labute approximate surface area is 879 Å². The molecular formula is C120H140ClF2N15O12. The Balaban J connectivity index is 0.000000160. The van der Waals surface area contributed by atoms with E-state index in [-0.39, 0.29) is 86.0 Å². The van der Waals surface area contributed by atoms with Gasteiger partial charge in [0.25, 0.3) is 0 Å². The summed E-state index contributed by atoms with van der Waals surface area (Å²) in [6.45, 7) is -2.03. The van der Waals surface area contributed by atoms with Crippen LogP contribution in [0.15, 0.2) is 237 Å². The molecule has 0 saturated carbocycles. The van der Waals surface area contributed by atoms with Crippen LogP contribution < -0.4 is 4.90 Å². The summed E-state index contributed by atoms with van der Waals surface area (Å²) >= 11 is 6.08. The van der Waals surface area contributed by atoms with Crippen molar-refractivity contribution in [1.82, 2.24) is 69.4 Å². The van der Waals surface area contributed by atoms with E-state index >= 15 is 0 Å². The molecule has 150 heavy (non-hydrogen) atoms. The van der Waals surface area contributed by atoms with E-state index in [1.54, 1.807) is 30.6 Å². The van der Waals surface area contributed by atoms with Crippen LogP contribution >= 0.6 is 11.6 Å². The van der Waals surface area contributed by atoms with Crippen molar-refractivity contribution in [2.24, 2.45) is 0 Å². The number of benzene rings is 10. The summed E-state index contributed by atoms with van der Waals surface area (Å²) in [7, 11) is 4.09. The molecule has 0 fully saturated rings. The first-order valence-corrected chi connectivity index (χ1v) is 52.9. The Bertz CT molecular complexity index is 7070. The minimum Gasteiger partial charge on any atom is -0.389 e. The van der Waals surface area contributed by atoms with Crippen molar-refractivity contribution in [3.8, 4) is 50.2 Å². The van der Waals surface area contributed by atoms with Crippen LogP contribution in [0.25, 0.3) is 116 Å². The Morgan fingerprint density at radius 3 is 1.00 bits per heavy atom. The Kier molecular flexibility index (Phi) is 47.6. The molecule has 30 heteroatoms. The highest BCUT2D eigenvalue weighted by atomic mass is 35.5. The first-order chi connectivity index (χ1) is 73.1. The molecule has 0 aliphatic heterocycles. The van der Waals surface area contributed by atoms with Gasteiger partial charge in [0, 0.05) is 120 Å². The van der Waals surface area contributed by atoms with Crippen LogP contribution in [-0.4, -0.2) is 188 Å². The van der Waals surface area contributed by atoms with Crippen molar-refractivity contribution in [2.75, 3.05) is 58.6 Å². The second kappa shape index (κ2) is 62.3. The van der Waals surface area contributed by atoms with E-state index in [0.717, 1.165) is 333 Å². The molecular weight excluding hydrogens is 1920 g/mol. The standard InChI is InChI=1S/C23H29N3O2.2C21H23FN2O2.C21H24N2O2.C19H22N4O2.C15H19ClN2O2/c1-26(2)19-12-9-17(10-13-19)18-11-14-21-22(15-18)25-23(24-21)8-6-4-3-5-7-20(28)16-27;22-17-7-5-6-15(12-17)16-10-11-19-20(13-16)24-21(23-19)9-4-2-1-3-8-18(26)14-25;22-17-10-7-15(8-11-17)16-9-12-19-20(13-16)24-21(23-19)6-4-2-1-3-5-18(26)14-25;24-16-18(25)12-6-1-2-7-15-21-22-19-13-8-9-14-20(19)23(21)17-10-4-3-5-11-17;24-12-16(25)5-3-1-2-4-6-19-22-17-8-7-14(9-18(17)23-19)15-10-20-13-21-11-15;16-12-7-5-8-13-15(12)18-14(17-13)9-4-2-1-3-6-11(20)10-19/h9-15,27H,3-8,16H2,1-2H3,(H,24,25);5-7,10-13,25H,1-4,8-9,14H2,(H,23,24);7-13,25H,1-6,14H2,(H,23,24);3-5,8-11,13-14,24H,1-2,6-7,12,15-16H2;7-11,13,24H,1-6,12H2,(H,22,23);5,7-8,19H,1-4,6,9-10H2,(H,17,18). The molecule has 10 aromatic carbocycles. The third-order valence-corrected chi connectivity index (χ3v) is 26.3. The normalized spacial score (nSPS) is 11.1. The van der Waals surface area contributed by atoms with Crippen molar-refractivity contribution in [2.45, 2.75) is 231 Å². The second-order valence-electron chi connectivity index (χ2n) is 37.9. The summed E-state index contributed by atoms with van der Waals surface area (Å²) in [6.07, 6.45) is 36.9. The predicted octanol–water partition coefficient (Wildman–Crippen LogP) is 23.6. The van der Waals surface area contributed by atoms with Gasteiger partial charge in [-0.2, -0.15) is 0 Å². The average molecular weight is 2060 g/mol. The zero-order chi connectivity index (χ0) is 106. The first kappa shape index (κ1) is 115. The molecule has 0 radical (unpaired) electrons. The number of hydrogen-bond acceptors (Lipinski definition) is 21. The SMILES string of the molecule is CN(C)c1ccc(-c2ccc3nc(CCCCCCC(=O)CO)[nH]c3c2)cc1.O=C(CO)CCCCCCc1nc2c(Cl)cccc2[nH]1.O=C(CO)CCCCCCc1nc2ccc(-c3ccc(F)cc3)cc2[nH]1.O=C(CO)CCCCCCc1nc2ccc(-c3cccc(F)c3)cc2[nH]1.O=C(CO)CCCCCCc1nc2ccc(-c3cncnc3)cc2[nH]1.O=C(CO)CCCCCCc1nc2ccccc2n1-c1ccccc1. The number of aromatic amines is 5. The van der Waals surface area contributed by atoms with Crippen LogP contribution in [0.4, 0.5) is 14.5 Å². The number of anilines is 1. The van der Waals surface area contributed by atoms with E-state index in [9.17, 15) is 37.5 Å². The maximum absolute atomic E-state index is 13.4. The average Bonchev–Trinajstić information content (AvgIpc) is 1.61. The zero-order valence-electron chi connectivity index (χ0n) is 86.0. The maximum Gasteiger partial charge on any atom is 0.158 e. The summed E-state index contributed by atoms with van der Waals surface area (Å²) in [5.41, 5.74) is 22.4. The van der Waals surface area contributed by atoms with Gasteiger partial charge in [0.2, 0.25) is 0 Å². The number of carbonyl (C=O) groups is 6. The number of aryl methyl sites for hydroxylation is 6. The molecule has 7 heterocycles. The molecule has 0 unspecified atom stereocenters. The van der Waals surface area contributed by atoms with E-state index in [1.165, 1.54) is 47.4 Å². The molecule has 7 aromatic heterocycles. The number of aromatic nitrogens is 14. The molecule has 0 aliphatic rings. The van der Waals surface area contributed by atoms with Gasteiger partial charge in [0.15, 0.2) is 34.7 Å². The second-order valence-corrected chi connectivity index (χ2v) is 38.3. The van der Waals surface area contributed by atoms with Crippen LogP contribution in [0.5, 0.6) is 0 Å². The topological polar surface area (TPSA) is 414 Å². The first-order valence-electron chi connectivity index (χ1n) is 52.5. The number of para-hydroxylation sites is 4. The quantitative estimate of drug-likeness (QED) is 0.0158. The van der Waals surface area contributed by atoms with Gasteiger partial charge in [-0.25, -0.2) is 48.7 Å². The molecule has 17 rings (SSSR count). The van der Waals surface area contributed by atoms with E-state index in [0.29, 0.717) is 43.5 Å².